The first-order valence-electron chi connectivity index (χ1n) is 4.64. The molecule has 0 radical (unpaired) electrons. The topological polar surface area (TPSA) is 67.3 Å². The van der Waals surface area contributed by atoms with E-state index in [2.05, 4.69) is 5.32 Å². The zero-order chi connectivity index (χ0) is 9.84. The van der Waals surface area contributed by atoms with E-state index in [1.54, 1.807) is 7.05 Å². The number of hydrazine groups is 1. The first-order valence-corrected chi connectivity index (χ1v) is 5.05. The molecule has 0 bridgehead atoms. The van der Waals surface area contributed by atoms with Crippen LogP contribution in [-0.2, 0) is 0 Å². The molecule has 1 fully saturated rings. The molecule has 0 amide bonds. The lowest BCUT2D eigenvalue weighted by Crippen LogP contribution is -2.47. The summed E-state index contributed by atoms with van der Waals surface area (Å²) >= 11 is 5.05. The van der Waals surface area contributed by atoms with Gasteiger partial charge in [0, 0.05) is 19.1 Å². The lowest BCUT2D eigenvalue weighted by atomic mass is 9.92. The van der Waals surface area contributed by atoms with Crippen LogP contribution in [0.4, 0.5) is 0 Å². The second kappa shape index (κ2) is 4.74. The molecule has 0 atom stereocenters. The third-order valence-electron chi connectivity index (χ3n) is 2.42. The number of hydrogen-bond donors (Lipinski definition) is 3. The molecule has 4 nitrogen and oxygen atoms in total. The van der Waals surface area contributed by atoms with Crippen molar-refractivity contribution in [2.45, 2.75) is 37.8 Å². The van der Waals surface area contributed by atoms with Crippen molar-refractivity contribution in [1.82, 2.24) is 10.3 Å². The van der Waals surface area contributed by atoms with E-state index >= 15 is 0 Å². The van der Waals surface area contributed by atoms with E-state index in [4.69, 9.17) is 23.8 Å². The van der Waals surface area contributed by atoms with Gasteiger partial charge in [-0.1, -0.05) is 0 Å². The fourth-order valence-electron chi connectivity index (χ4n) is 1.54. The van der Waals surface area contributed by atoms with E-state index in [1.807, 2.05) is 0 Å². The van der Waals surface area contributed by atoms with Gasteiger partial charge in [-0.3, -0.25) is 5.01 Å². The Morgan fingerprint density at radius 2 is 1.92 bits per heavy atom. The first kappa shape index (κ1) is 10.7. The van der Waals surface area contributed by atoms with Crippen LogP contribution in [0, 0.1) is 0 Å². The van der Waals surface area contributed by atoms with Gasteiger partial charge in [-0.05, 0) is 37.9 Å². The zero-order valence-electron chi connectivity index (χ0n) is 7.99. The summed E-state index contributed by atoms with van der Waals surface area (Å²) < 4.78 is 0. The van der Waals surface area contributed by atoms with Gasteiger partial charge >= 0.3 is 0 Å². The Kier molecular flexibility index (Phi) is 3.90. The van der Waals surface area contributed by atoms with E-state index in [0.717, 1.165) is 25.7 Å². The van der Waals surface area contributed by atoms with Crippen molar-refractivity contribution in [2.24, 2.45) is 11.6 Å². The third kappa shape index (κ3) is 3.46. The Morgan fingerprint density at radius 1 is 1.38 bits per heavy atom. The average Bonchev–Trinajstić information content (AvgIpc) is 2.08. The quantitative estimate of drug-likeness (QED) is 0.316. The number of hydrogen-bond acceptors (Lipinski definition) is 3. The van der Waals surface area contributed by atoms with Crippen LogP contribution >= 0.6 is 12.2 Å². The fourth-order valence-corrected chi connectivity index (χ4v) is 1.71. The highest BCUT2D eigenvalue weighted by molar-refractivity contribution is 7.80. The van der Waals surface area contributed by atoms with Gasteiger partial charge in [-0.25, -0.2) is 5.84 Å². The van der Waals surface area contributed by atoms with E-state index < -0.39 is 0 Å². The summed E-state index contributed by atoms with van der Waals surface area (Å²) in [4.78, 5) is 0. The molecule has 1 saturated carbocycles. The van der Waals surface area contributed by atoms with Crippen molar-refractivity contribution in [3.05, 3.63) is 0 Å². The molecule has 0 unspecified atom stereocenters. The Hall–Kier alpha value is -0.390. The van der Waals surface area contributed by atoms with Crippen molar-refractivity contribution in [2.75, 3.05) is 7.05 Å². The summed E-state index contributed by atoms with van der Waals surface area (Å²) in [6.07, 6.45) is 4.34. The van der Waals surface area contributed by atoms with Crippen LogP contribution in [-0.4, -0.2) is 29.3 Å². The highest BCUT2D eigenvalue weighted by Gasteiger charge is 2.19. The molecule has 0 heterocycles. The lowest BCUT2D eigenvalue weighted by Gasteiger charge is -2.29. The molecule has 0 aromatic carbocycles. The van der Waals surface area contributed by atoms with Gasteiger partial charge in [-0.2, -0.15) is 0 Å². The minimum Gasteiger partial charge on any atom is -0.359 e. The van der Waals surface area contributed by atoms with Gasteiger partial charge in [0.1, 0.15) is 0 Å². The average molecular weight is 202 g/mol. The van der Waals surface area contributed by atoms with Gasteiger partial charge < -0.3 is 11.1 Å². The van der Waals surface area contributed by atoms with Crippen molar-refractivity contribution in [1.29, 1.82) is 0 Å². The Balaban J connectivity index is 2.26. The number of nitrogens with zero attached hydrogens (tertiary/aromatic N) is 1. The minimum absolute atomic E-state index is 0.377. The zero-order valence-corrected chi connectivity index (χ0v) is 8.81. The number of rotatable bonds is 1. The molecule has 1 aliphatic rings. The molecular formula is C8H18N4S. The predicted molar refractivity (Wildman–Crippen MR) is 57.9 cm³/mol. The monoisotopic (exact) mass is 202 g/mol. The van der Waals surface area contributed by atoms with Gasteiger partial charge in [0.15, 0.2) is 5.11 Å². The van der Waals surface area contributed by atoms with Crippen LogP contribution in [0.1, 0.15) is 25.7 Å². The highest BCUT2D eigenvalue weighted by atomic mass is 32.1. The normalized spacial score (nSPS) is 28.2. The number of thiocarbonyl (C=S) groups is 1. The molecule has 76 valence electrons. The van der Waals surface area contributed by atoms with Gasteiger partial charge in [0.2, 0.25) is 0 Å². The van der Waals surface area contributed by atoms with E-state index in [9.17, 15) is 0 Å². The summed E-state index contributed by atoms with van der Waals surface area (Å²) in [5, 5.41) is 5.26. The largest absolute Gasteiger partial charge is 0.359 e. The molecule has 0 aromatic heterocycles. The maximum Gasteiger partial charge on any atom is 0.183 e. The molecule has 1 rings (SSSR count). The van der Waals surface area contributed by atoms with Crippen molar-refractivity contribution in [3.63, 3.8) is 0 Å². The molecule has 5 N–H and O–H groups in total. The fraction of sp³-hybridized carbons (Fsp3) is 0.875. The Morgan fingerprint density at radius 3 is 2.38 bits per heavy atom. The SMILES string of the molecule is CN(N)C(=S)NC1CCC(N)CC1. The first-order chi connectivity index (χ1) is 6.09. The predicted octanol–water partition coefficient (Wildman–Crippen LogP) is -0.0637. The lowest BCUT2D eigenvalue weighted by molar-refractivity contribution is 0.363. The smallest absolute Gasteiger partial charge is 0.183 e. The van der Waals surface area contributed by atoms with Crippen LogP contribution in [0.3, 0.4) is 0 Å². The summed E-state index contributed by atoms with van der Waals surface area (Å²) in [6, 6.07) is 0.834. The molecule has 5 heteroatoms. The summed E-state index contributed by atoms with van der Waals surface area (Å²) in [5.41, 5.74) is 5.79. The van der Waals surface area contributed by atoms with E-state index in [-0.39, 0.29) is 0 Å². The van der Waals surface area contributed by atoms with Crippen molar-refractivity contribution < 1.29 is 0 Å². The van der Waals surface area contributed by atoms with E-state index in [1.165, 1.54) is 5.01 Å². The van der Waals surface area contributed by atoms with Gasteiger partial charge in [-0.15, -0.1) is 0 Å². The van der Waals surface area contributed by atoms with Crippen molar-refractivity contribution in [3.8, 4) is 0 Å². The van der Waals surface area contributed by atoms with Crippen LogP contribution in [0.2, 0.25) is 0 Å². The molecule has 0 spiro atoms. The van der Waals surface area contributed by atoms with Crippen molar-refractivity contribution >= 4 is 17.3 Å². The molecule has 1 aliphatic carbocycles. The van der Waals surface area contributed by atoms with Gasteiger partial charge in [0.05, 0.1) is 0 Å². The molecule has 0 aliphatic heterocycles. The molecular weight excluding hydrogens is 184 g/mol. The minimum atomic E-state index is 0.377. The number of nitrogens with one attached hydrogen (secondary N) is 1. The van der Waals surface area contributed by atoms with Gasteiger partial charge in [0.25, 0.3) is 0 Å². The van der Waals surface area contributed by atoms with Crippen LogP contribution in [0.15, 0.2) is 0 Å². The third-order valence-corrected chi connectivity index (χ3v) is 2.83. The number of nitrogens with two attached hydrogens (primary N) is 2. The second-order valence-electron chi connectivity index (χ2n) is 3.67. The van der Waals surface area contributed by atoms with Crippen LogP contribution < -0.4 is 16.9 Å². The van der Waals surface area contributed by atoms with Crippen LogP contribution in [0.25, 0.3) is 0 Å². The molecule has 13 heavy (non-hydrogen) atoms. The Bertz CT molecular complexity index is 175. The van der Waals surface area contributed by atoms with E-state index in [0.29, 0.717) is 17.2 Å². The second-order valence-corrected chi connectivity index (χ2v) is 4.06. The Labute approximate surface area is 84.6 Å². The summed E-state index contributed by atoms with van der Waals surface area (Å²) in [7, 11) is 1.74. The standard InChI is InChI=1S/C8H18N4S/c1-12(10)8(13)11-7-4-2-6(9)3-5-7/h6-7H,2-5,9-10H2,1H3,(H,11,13). The molecule has 0 aromatic rings. The maximum absolute atomic E-state index is 5.79. The highest BCUT2D eigenvalue weighted by Crippen LogP contribution is 2.16. The molecule has 0 saturated heterocycles. The summed E-state index contributed by atoms with van der Waals surface area (Å²) in [5.74, 6) is 5.49. The maximum atomic E-state index is 5.79. The van der Waals surface area contributed by atoms with Crippen LogP contribution in [0.5, 0.6) is 0 Å². The summed E-state index contributed by atoms with van der Waals surface area (Å²) in [6.45, 7) is 0.